The molecule has 6 nitrogen and oxygen atoms in total. The van der Waals surface area contributed by atoms with E-state index in [0.29, 0.717) is 13.1 Å². The summed E-state index contributed by atoms with van der Waals surface area (Å²) in [6, 6.07) is 6.29. The van der Waals surface area contributed by atoms with E-state index in [1.165, 1.54) is 4.90 Å². The summed E-state index contributed by atoms with van der Waals surface area (Å²) < 4.78 is 0. The number of nitrogens with zero attached hydrogens (tertiary/aromatic N) is 1. The van der Waals surface area contributed by atoms with Crippen molar-refractivity contribution in [1.29, 1.82) is 0 Å². The molecule has 0 saturated carbocycles. The third kappa shape index (κ3) is 3.21. The van der Waals surface area contributed by atoms with E-state index in [0.717, 1.165) is 11.1 Å². The highest BCUT2D eigenvalue weighted by molar-refractivity contribution is 5.91. The van der Waals surface area contributed by atoms with Crippen LogP contribution < -0.4 is 11.1 Å². The van der Waals surface area contributed by atoms with E-state index in [-0.39, 0.29) is 6.54 Å². The SMILES string of the molecule is C#CCNC(=O)[C@H](N)[C@@H](O)C(=O)N1Cc2ccccc2C1. The number of terminal acetylenes is 1. The van der Waals surface area contributed by atoms with Crippen molar-refractivity contribution in [3.05, 3.63) is 35.4 Å². The van der Waals surface area contributed by atoms with Gasteiger partial charge in [-0.15, -0.1) is 6.42 Å². The maximum absolute atomic E-state index is 12.2. The molecule has 1 aromatic carbocycles. The highest BCUT2D eigenvalue weighted by Gasteiger charge is 2.34. The molecule has 0 aromatic heterocycles. The first-order valence-corrected chi connectivity index (χ1v) is 6.55. The van der Waals surface area contributed by atoms with Crippen LogP contribution in [0.1, 0.15) is 11.1 Å². The van der Waals surface area contributed by atoms with Crippen molar-refractivity contribution in [2.75, 3.05) is 6.54 Å². The van der Waals surface area contributed by atoms with Crippen molar-refractivity contribution in [2.45, 2.75) is 25.2 Å². The number of carbonyl (C=O) groups excluding carboxylic acids is 2. The summed E-state index contributed by atoms with van der Waals surface area (Å²) in [5.74, 6) is 1.02. The highest BCUT2D eigenvalue weighted by atomic mass is 16.3. The van der Waals surface area contributed by atoms with Crippen molar-refractivity contribution in [3.63, 3.8) is 0 Å². The van der Waals surface area contributed by atoms with Crippen LogP contribution in [0.3, 0.4) is 0 Å². The summed E-state index contributed by atoms with van der Waals surface area (Å²) >= 11 is 0. The molecule has 0 spiro atoms. The van der Waals surface area contributed by atoms with Crippen LogP contribution in [0.5, 0.6) is 0 Å². The van der Waals surface area contributed by atoms with Crippen molar-refractivity contribution < 1.29 is 14.7 Å². The zero-order valence-electron chi connectivity index (χ0n) is 11.5. The standard InChI is InChI=1S/C15H17N3O3/c1-2-7-17-14(20)12(16)13(19)15(21)18-8-10-5-3-4-6-11(10)9-18/h1,3-6,12-13,19H,7-9,16H2,(H,17,20)/t12-,13-/m1/s1. The van der Waals surface area contributed by atoms with Crippen LogP contribution >= 0.6 is 0 Å². The number of nitrogens with one attached hydrogen (secondary N) is 1. The Morgan fingerprint density at radius 3 is 2.48 bits per heavy atom. The van der Waals surface area contributed by atoms with E-state index in [4.69, 9.17) is 12.2 Å². The first-order valence-electron chi connectivity index (χ1n) is 6.55. The minimum Gasteiger partial charge on any atom is -0.381 e. The summed E-state index contributed by atoms with van der Waals surface area (Å²) in [7, 11) is 0. The fourth-order valence-corrected chi connectivity index (χ4v) is 2.23. The van der Waals surface area contributed by atoms with E-state index in [2.05, 4.69) is 11.2 Å². The van der Waals surface area contributed by atoms with Crippen LogP contribution in [0.4, 0.5) is 0 Å². The Morgan fingerprint density at radius 1 is 1.38 bits per heavy atom. The molecule has 0 aliphatic carbocycles. The van der Waals surface area contributed by atoms with Crippen LogP contribution in [0.15, 0.2) is 24.3 Å². The molecule has 2 rings (SSSR count). The lowest BCUT2D eigenvalue weighted by Gasteiger charge is -2.23. The number of rotatable bonds is 4. The minimum atomic E-state index is -1.59. The Kier molecular flexibility index (Phi) is 4.58. The van der Waals surface area contributed by atoms with Gasteiger partial charge in [-0.2, -0.15) is 0 Å². The lowest BCUT2D eigenvalue weighted by atomic mass is 10.1. The fourth-order valence-electron chi connectivity index (χ4n) is 2.23. The molecule has 1 aliphatic heterocycles. The molecule has 0 bridgehead atoms. The van der Waals surface area contributed by atoms with Crippen LogP contribution in [0.2, 0.25) is 0 Å². The Morgan fingerprint density at radius 2 is 1.95 bits per heavy atom. The van der Waals surface area contributed by atoms with Gasteiger partial charge in [0.2, 0.25) is 5.91 Å². The highest BCUT2D eigenvalue weighted by Crippen LogP contribution is 2.22. The van der Waals surface area contributed by atoms with E-state index in [9.17, 15) is 14.7 Å². The van der Waals surface area contributed by atoms with Gasteiger partial charge in [0.15, 0.2) is 6.10 Å². The van der Waals surface area contributed by atoms with Gasteiger partial charge >= 0.3 is 0 Å². The second-order valence-electron chi connectivity index (χ2n) is 4.86. The molecule has 2 atom stereocenters. The van der Waals surface area contributed by atoms with Gasteiger partial charge in [0, 0.05) is 13.1 Å². The average Bonchev–Trinajstić information content (AvgIpc) is 2.94. The quantitative estimate of drug-likeness (QED) is 0.617. The number of carbonyl (C=O) groups is 2. The lowest BCUT2D eigenvalue weighted by Crippen LogP contribution is -2.54. The summed E-state index contributed by atoms with van der Waals surface area (Å²) in [4.78, 5) is 25.3. The summed E-state index contributed by atoms with van der Waals surface area (Å²) in [6.07, 6.45) is 3.43. The molecule has 6 heteroatoms. The van der Waals surface area contributed by atoms with Crippen LogP contribution in [-0.4, -0.2) is 40.5 Å². The van der Waals surface area contributed by atoms with E-state index in [1.54, 1.807) is 0 Å². The van der Waals surface area contributed by atoms with Crippen molar-refractivity contribution in [3.8, 4) is 12.3 Å². The van der Waals surface area contributed by atoms with Gasteiger partial charge in [-0.3, -0.25) is 9.59 Å². The van der Waals surface area contributed by atoms with Gasteiger partial charge in [0.05, 0.1) is 6.54 Å². The largest absolute Gasteiger partial charge is 0.381 e. The van der Waals surface area contributed by atoms with Crippen molar-refractivity contribution >= 4 is 11.8 Å². The Bertz CT molecular complexity index is 569. The van der Waals surface area contributed by atoms with Crippen LogP contribution in [0, 0.1) is 12.3 Å². The predicted octanol–water partition coefficient (Wildman–Crippen LogP) is -1.03. The molecule has 0 unspecified atom stereocenters. The molecule has 1 aliphatic rings. The second-order valence-corrected chi connectivity index (χ2v) is 4.86. The Labute approximate surface area is 122 Å². The molecule has 0 fully saturated rings. The summed E-state index contributed by atoms with van der Waals surface area (Å²) in [6.45, 7) is 0.818. The average molecular weight is 287 g/mol. The smallest absolute Gasteiger partial charge is 0.254 e. The number of benzene rings is 1. The molecule has 1 heterocycles. The van der Waals surface area contributed by atoms with Crippen molar-refractivity contribution in [1.82, 2.24) is 10.2 Å². The fraction of sp³-hybridized carbons (Fsp3) is 0.333. The molecule has 4 N–H and O–H groups in total. The molecular weight excluding hydrogens is 270 g/mol. The predicted molar refractivity (Wildman–Crippen MR) is 76.5 cm³/mol. The maximum Gasteiger partial charge on any atom is 0.254 e. The normalized spacial score (nSPS) is 15.8. The number of hydrogen-bond donors (Lipinski definition) is 3. The number of hydrogen-bond acceptors (Lipinski definition) is 4. The first kappa shape index (κ1) is 15.0. The van der Waals surface area contributed by atoms with Gasteiger partial charge in [-0.05, 0) is 11.1 Å². The molecule has 21 heavy (non-hydrogen) atoms. The number of fused-ring (bicyclic) bond motifs is 1. The number of amides is 2. The summed E-state index contributed by atoms with van der Waals surface area (Å²) in [5.41, 5.74) is 7.66. The zero-order valence-corrected chi connectivity index (χ0v) is 11.5. The molecule has 0 radical (unpaired) electrons. The topological polar surface area (TPSA) is 95.7 Å². The van der Waals surface area contributed by atoms with Gasteiger partial charge in [-0.1, -0.05) is 30.2 Å². The molecular formula is C15H17N3O3. The number of nitrogens with two attached hydrogens (primary N) is 1. The van der Waals surface area contributed by atoms with E-state index in [1.807, 2.05) is 24.3 Å². The minimum absolute atomic E-state index is 0.00258. The van der Waals surface area contributed by atoms with Crippen LogP contribution in [-0.2, 0) is 22.7 Å². The Balaban J connectivity index is 1.98. The third-order valence-corrected chi connectivity index (χ3v) is 3.41. The Hall–Kier alpha value is -2.36. The molecule has 2 amide bonds. The van der Waals surface area contributed by atoms with Crippen molar-refractivity contribution in [2.24, 2.45) is 5.73 Å². The van der Waals surface area contributed by atoms with Crippen LogP contribution in [0.25, 0.3) is 0 Å². The second kappa shape index (κ2) is 6.39. The monoisotopic (exact) mass is 287 g/mol. The maximum atomic E-state index is 12.2. The van der Waals surface area contributed by atoms with Gasteiger partial charge < -0.3 is 21.1 Å². The van der Waals surface area contributed by atoms with Gasteiger partial charge in [-0.25, -0.2) is 0 Å². The van der Waals surface area contributed by atoms with E-state index < -0.39 is 24.0 Å². The lowest BCUT2D eigenvalue weighted by molar-refractivity contribution is -0.145. The van der Waals surface area contributed by atoms with Gasteiger partial charge in [0.25, 0.3) is 5.91 Å². The molecule has 1 aromatic rings. The number of aliphatic hydroxyl groups excluding tert-OH is 1. The zero-order chi connectivity index (χ0) is 15.4. The van der Waals surface area contributed by atoms with E-state index >= 15 is 0 Å². The first-order chi connectivity index (χ1) is 10.0. The summed E-state index contributed by atoms with van der Waals surface area (Å²) in [5, 5.41) is 12.3. The van der Waals surface area contributed by atoms with Gasteiger partial charge in [0.1, 0.15) is 6.04 Å². The third-order valence-electron chi connectivity index (χ3n) is 3.41. The number of aliphatic hydroxyl groups is 1. The molecule has 110 valence electrons. The molecule has 0 saturated heterocycles.